The number of anilines is 1. The molecule has 9 nitrogen and oxygen atoms in total. The van der Waals surface area contributed by atoms with Crippen LogP contribution in [-0.2, 0) is 35.1 Å². The Hall–Kier alpha value is -3.55. The van der Waals surface area contributed by atoms with E-state index in [1.165, 1.54) is 45.3 Å². The molecule has 5 aliphatic rings. The molecule has 5 aliphatic heterocycles. The first-order valence-electron chi connectivity index (χ1n) is 16.2. The fourth-order valence-electron chi connectivity index (χ4n) is 9.35. The Labute approximate surface area is 282 Å². The third-order valence-electron chi connectivity index (χ3n) is 11.1. The summed E-state index contributed by atoms with van der Waals surface area (Å²) in [7, 11) is -4.31. The number of nitrogens with zero attached hydrogens (tertiary/aromatic N) is 2. The van der Waals surface area contributed by atoms with Crippen molar-refractivity contribution in [2.45, 2.75) is 73.4 Å². The van der Waals surface area contributed by atoms with Gasteiger partial charge in [-0.2, -0.15) is 13.0 Å². The van der Waals surface area contributed by atoms with E-state index in [-0.39, 0.29) is 27.9 Å². The molecule has 0 aliphatic carbocycles. The lowest BCUT2D eigenvalue weighted by Crippen LogP contribution is -2.47. The minimum absolute atomic E-state index is 0.00287. The number of ether oxygens (including phenoxy) is 1. The molecule has 0 amide bonds. The molecule has 0 saturated heterocycles. The predicted octanol–water partition coefficient (Wildman–Crippen LogP) is 7.60. The average Bonchev–Trinajstić information content (AvgIpc) is 3.45. The van der Waals surface area contributed by atoms with Gasteiger partial charge < -0.3 is 9.64 Å². The summed E-state index contributed by atoms with van der Waals surface area (Å²) in [5, 5.41) is 16.5. The maximum absolute atomic E-state index is 11.9. The third kappa shape index (κ3) is 4.16. The van der Waals surface area contributed by atoms with E-state index in [2.05, 4.69) is 76.9 Å². The van der Waals surface area contributed by atoms with Crippen LogP contribution in [0.5, 0.6) is 0 Å². The zero-order valence-electron chi connectivity index (χ0n) is 27.0. The summed E-state index contributed by atoms with van der Waals surface area (Å²) in [6, 6.07) is 19.5. The van der Waals surface area contributed by atoms with Crippen LogP contribution >= 0.6 is 12.0 Å². The van der Waals surface area contributed by atoms with Crippen LogP contribution in [0.25, 0.3) is 21.5 Å². The molecule has 2 N–H and O–H groups in total. The summed E-state index contributed by atoms with van der Waals surface area (Å²) in [5.41, 5.74) is 9.15. The minimum atomic E-state index is -4.31. The maximum Gasteiger partial charge on any atom is 0.294 e. The summed E-state index contributed by atoms with van der Waals surface area (Å²) < 4.78 is 47.7. The Kier molecular flexibility index (Phi) is 6.51. The highest BCUT2D eigenvalue weighted by Crippen LogP contribution is 2.56. The fourth-order valence-corrected chi connectivity index (χ4v) is 10.3. The van der Waals surface area contributed by atoms with Crippen molar-refractivity contribution < 1.29 is 36.9 Å². The Morgan fingerprint density at radius 3 is 2.46 bits per heavy atom. The van der Waals surface area contributed by atoms with Crippen LogP contribution in [0.4, 0.5) is 11.4 Å². The predicted molar refractivity (Wildman–Crippen MR) is 185 cm³/mol. The number of fused-ring (bicyclic) bond motifs is 12. The van der Waals surface area contributed by atoms with Gasteiger partial charge >= 0.3 is 0 Å². The van der Waals surface area contributed by atoms with Gasteiger partial charge in [0.15, 0.2) is 12.3 Å². The van der Waals surface area contributed by atoms with Crippen molar-refractivity contribution in [3.8, 4) is 0 Å². The third-order valence-corrected chi connectivity index (χ3v) is 12.5. The average molecular weight is 684 g/mol. The Balaban J connectivity index is 1.19. The zero-order valence-corrected chi connectivity index (χ0v) is 28.6. The van der Waals surface area contributed by atoms with Crippen molar-refractivity contribution in [1.29, 1.82) is 0 Å². The zero-order chi connectivity index (χ0) is 33.3. The van der Waals surface area contributed by atoms with Crippen molar-refractivity contribution in [3.63, 3.8) is 0 Å². The van der Waals surface area contributed by atoms with Gasteiger partial charge in [0, 0.05) is 57.4 Å². The Bertz CT molecular complexity index is 2320. The van der Waals surface area contributed by atoms with Crippen molar-refractivity contribution in [1.82, 2.24) is 0 Å². The van der Waals surface area contributed by atoms with Gasteiger partial charge in [0.2, 0.25) is 5.69 Å². The van der Waals surface area contributed by atoms with E-state index in [0.29, 0.717) is 0 Å². The highest BCUT2D eigenvalue weighted by Gasteiger charge is 2.55. The normalized spacial score (nSPS) is 23.5. The molecule has 0 spiro atoms. The molecule has 11 heteroatoms. The molecule has 4 aromatic rings. The van der Waals surface area contributed by atoms with E-state index in [0.717, 1.165) is 70.3 Å². The van der Waals surface area contributed by atoms with Gasteiger partial charge in [0.1, 0.15) is 0 Å². The number of hydrogen-bond donors (Lipinski definition) is 2. The molecule has 0 saturated carbocycles. The Morgan fingerprint density at radius 1 is 0.917 bits per heavy atom. The SMILES string of the molecule is CC1(C)C2=C3C=C4C5=[N+](CCC4OC3CCN2c2ccc3cc(SOOO)ccc3c21)c1ccc2cc(S(=O)(=O)O)ccc2c1C5(C)C. The van der Waals surface area contributed by atoms with Crippen molar-refractivity contribution in [3.05, 3.63) is 94.7 Å². The highest BCUT2D eigenvalue weighted by atomic mass is 32.2. The molecule has 4 aromatic carbocycles. The maximum atomic E-state index is 11.9. The summed E-state index contributed by atoms with van der Waals surface area (Å²) in [4.78, 5) is 3.22. The Morgan fingerprint density at radius 2 is 1.67 bits per heavy atom. The molecular weight excluding hydrogens is 649 g/mol. The first-order chi connectivity index (χ1) is 22.9. The molecule has 2 atom stereocenters. The number of rotatable bonds is 4. The summed E-state index contributed by atoms with van der Waals surface area (Å²) in [5.74, 6) is 0. The molecule has 2 unspecified atom stereocenters. The van der Waals surface area contributed by atoms with Crippen LogP contribution in [0, 0.1) is 0 Å². The van der Waals surface area contributed by atoms with Gasteiger partial charge in [0.25, 0.3) is 10.1 Å². The molecule has 0 aromatic heterocycles. The largest absolute Gasteiger partial charge is 0.365 e. The smallest absolute Gasteiger partial charge is 0.294 e. The number of hydrogen-bond acceptors (Lipinski definition) is 8. The van der Waals surface area contributed by atoms with Crippen molar-refractivity contribution in [2.75, 3.05) is 18.0 Å². The quantitative estimate of drug-likeness (QED) is 0.0739. The highest BCUT2D eigenvalue weighted by molar-refractivity contribution is 7.94. The van der Waals surface area contributed by atoms with Crippen LogP contribution in [0.15, 0.2) is 93.4 Å². The molecule has 0 fully saturated rings. The van der Waals surface area contributed by atoms with E-state index in [1.54, 1.807) is 6.07 Å². The fraction of sp³-hybridized carbons (Fsp3) is 0.324. The molecule has 5 heterocycles. The first-order valence-corrected chi connectivity index (χ1v) is 18.4. The molecule has 9 rings (SSSR count). The van der Waals surface area contributed by atoms with E-state index in [9.17, 15) is 13.0 Å². The second kappa shape index (κ2) is 10.2. The topological polar surface area (TPSA) is 109 Å². The van der Waals surface area contributed by atoms with Crippen LogP contribution in [0.2, 0.25) is 0 Å². The lowest BCUT2D eigenvalue weighted by Gasteiger charge is -2.42. The van der Waals surface area contributed by atoms with Crippen LogP contribution < -0.4 is 4.90 Å². The van der Waals surface area contributed by atoms with Crippen LogP contribution in [0.3, 0.4) is 0 Å². The van der Waals surface area contributed by atoms with Gasteiger partial charge in [-0.25, -0.2) is 5.26 Å². The first kappa shape index (κ1) is 30.5. The molecule has 48 heavy (non-hydrogen) atoms. The van der Waals surface area contributed by atoms with E-state index < -0.39 is 10.1 Å². The summed E-state index contributed by atoms with van der Waals surface area (Å²) >= 11 is 0.962. The van der Waals surface area contributed by atoms with Crippen LogP contribution in [-0.4, -0.2) is 53.8 Å². The van der Waals surface area contributed by atoms with Crippen molar-refractivity contribution >= 4 is 60.8 Å². The lowest BCUT2D eigenvalue weighted by molar-refractivity contribution is -0.445. The van der Waals surface area contributed by atoms with Crippen LogP contribution in [0.1, 0.15) is 51.7 Å². The van der Waals surface area contributed by atoms with Crippen molar-refractivity contribution in [2.24, 2.45) is 0 Å². The monoisotopic (exact) mass is 683 g/mol. The molecule has 246 valence electrons. The lowest BCUT2D eigenvalue weighted by atomic mass is 9.73. The molecule has 0 bridgehead atoms. The van der Waals surface area contributed by atoms with E-state index >= 15 is 0 Å². The standard InChI is InChI=1S/C37H34N2O7S2/c1-36(2)32-24-9-7-22(47-46-45-40)17-20(24)5-11-28(32)38-15-13-30-26(34(36)38)19-27-31(44-30)14-16-39-29-12-6-21-18-23(48(41,42)43)8-10-25(21)33(29)37(3,4)35(27)39/h5-12,17-19,30-31H,13-16H2,1-4H3,(H-,40,41,42,43)/p+1. The minimum Gasteiger partial charge on any atom is -0.365 e. The van der Waals surface area contributed by atoms with E-state index in [1.807, 2.05) is 24.3 Å². The number of allylic oxidation sites excluding steroid dienone is 1. The molecular formula is C37H35N2O7S2+. The summed E-state index contributed by atoms with van der Waals surface area (Å²) in [6.07, 6.45) is 4.24. The van der Waals surface area contributed by atoms with Gasteiger partial charge in [-0.15, -0.1) is 4.33 Å². The van der Waals surface area contributed by atoms with Gasteiger partial charge in [-0.1, -0.05) is 37.1 Å². The number of benzene rings is 4. The summed E-state index contributed by atoms with van der Waals surface area (Å²) in [6.45, 7) is 10.9. The second-order valence-electron chi connectivity index (χ2n) is 14.4. The molecule has 0 radical (unpaired) electrons. The van der Waals surface area contributed by atoms with Gasteiger partial charge in [-0.05, 0) is 89.9 Å². The van der Waals surface area contributed by atoms with Gasteiger partial charge in [-0.3, -0.25) is 4.55 Å². The van der Waals surface area contributed by atoms with Gasteiger partial charge in [0.05, 0.1) is 34.6 Å². The van der Waals surface area contributed by atoms with E-state index in [4.69, 9.17) is 9.99 Å². The second-order valence-corrected chi connectivity index (χ2v) is 16.6.